The number of carbonyl (C=O) groups excluding carboxylic acids is 2. The molecule has 2 aromatic rings. The van der Waals surface area contributed by atoms with Gasteiger partial charge in [0.05, 0.1) is 0 Å². The largest absolute Gasteiger partial charge is 0.326 e. The third-order valence-electron chi connectivity index (χ3n) is 3.63. The van der Waals surface area contributed by atoms with E-state index in [0.717, 1.165) is 11.4 Å². The summed E-state index contributed by atoms with van der Waals surface area (Å²) in [4.78, 5) is 22.8. The Morgan fingerprint density at radius 2 is 1.86 bits per heavy atom. The van der Waals surface area contributed by atoms with E-state index in [-0.39, 0.29) is 5.70 Å². The van der Waals surface area contributed by atoms with Gasteiger partial charge in [-0.25, -0.2) is 4.79 Å². The van der Waals surface area contributed by atoms with Crippen LogP contribution in [0.3, 0.4) is 0 Å². The van der Waals surface area contributed by atoms with Gasteiger partial charge in [0, 0.05) is 17.6 Å². The van der Waals surface area contributed by atoms with E-state index in [9.17, 15) is 9.59 Å². The summed E-state index contributed by atoms with van der Waals surface area (Å²) in [6.07, 6.45) is 3.60. The Kier molecular flexibility index (Phi) is 3.10. The molecule has 1 saturated heterocycles. The number of aryl methyl sites for hydroxylation is 1. The van der Waals surface area contributed by atoms with Crippen molar-refractivity contribution in [1.82, 2.24) is 15.2 Å². The second-order valence-electron chi connectivity index (χ2n) is 4.99. The molecule has 0 unspecified atom stereocenters. The Bertz CT molecular complexity index is 772. The van der Waals surface area contributed by atoms with Crippen LogP contribution in [0, 0.1) is 13.8 Å². The van der Waals surface area contributed by atoms with Crippen LogP contribution in [0.15, 0.2) is 42.2 Å². The highest BCUT2D eigenvalue weighted by atomic mass is 16.2. The van der Waals surface area contributed by atoms with Gasteiger partial charge in [-0.2, -0.15) is 0 Å². The quantitative estimate of drug-likeness (QED) is 0.655. The fraction of sp³-hybridized carbons (Fsp3) is 0.125. The molecule has 3 rings (SSSR count). The first-order valence-electron chi connectivity index (χ1n) is 6.64. The normalized spacial score (nSPS) is 16.2. The van der Waals surface area contributed by atoms with E-state index in [1.807, 2.05) is 35.0 Å². The van der Waals surface area contributed by atoms with Crippen molar-refractivity contribution in [2.45, 2.75) is 13.8 Å². The highest BCUT2D eigenvalue weighted by Gasteiger charge is 2.23. The third-order valence-corrected chi connectivity index (χ3v) is 3.63. The summed E-state index contributed by atoms with van der Waals surface area (Å²) in [7, 11) is 0. The van der Waals surface area contributed by atoms with Crippen LogP contribution in [0.2, 0.25) is 0 Å². The maximum Gasteiger partial charge on any atom is 0.326 e. The fourth-order valence-corrected chi connectivity index (χ4v) is 2.36. The van der Waals surface area contributed by atoms with Crippen molar-refractivity contribution in [3.05, 3.63) is 59.0 Å². The Morgan fingerprint density at radius 1 is 1.05 bits per heavy atom. The highest BCUT2D eigenvalue weighted by Crippen LogP contribution is 2.21. The minimum absolute atomic E-state index is 0.255. The zero-order valence-electron chi connectivity index (χ0n) is 11.8. The number of hydrogen-bond acceptors (Lipinski definition) is 2. The lowest BCUT2D eigenvalue weighted by Crippen LogP contribution is -2.22. The number of urea groups is 1. The molecule has 1 aromatic heterocycles. The fourth-order valence-electron chi connectivity index (χ4n) is 2.36. The number of nitrogens with zero attached hydrogens (tertiary/aromatic N) is 1. The summed E-state index contributed by atoms with van der Waals surface area (Å²) in [6.45, 7) is 4.12. The zero-order chi connectivity index (χ0) is 15.0. The van der Waals surface area contributed by atoms with Gasteiger partial charge >= 0.3 is 6.03 Å². The summed E-state index contributed by atoms with van der Waals surface area (Å²) in [6, 6.07) is 9.40. The maximum atomic E-state index is 11.6. The molecule has 106 valence electrons. The van der Waals surface area contributed by atoms with Gasteiger partial charge in [-0.05, 0) is 49.2 Å². The number of benzene rings is 1. The van der Waals surface area contributed by atoms with E-state index >= 15 is 0 Å². The molecule has 1 fully saturated rings. The number of hydrogen-bond donors (Lipinski definition) is 2. The average Bonchev–Trinajstić information content (AvgIpc) is 3.01. The van der Waals surface area contributed by atoms with Gasteiger partial charge < -0.3 is 9.88 Å². The molecule has 1 aromatic carbocycles. The molecule has 2 N–H and O–H groups in total. The molecule has 0 spiro atoms. The van der Waals surface area contributed by atoms with Crippen LogP contribution in [0.1, 0.15) is 16.8 Å². The van der Waals surface area contributed by atoms with Crippen molar-refractivity contribution in [2.75, 3.05) is 0 Å². The van der Waals surface area contributed by atoms with Crippen LogP contribution in [-0.2, 0) is 4.79 Å². The molecule has 21 heavy (non-hydrogen) atoms. The number of imide groups is 1. The predicted octanol–water partition coefficient (Wildman–Crippen LogP) is 2.27. The standard InChI is InChI=1S/C16H15N3O2/c1-10-5-3-7-14(11(10)2)19-8-4-6-12(19)9-13-15(20)18-16(21)17-13/h3-9H,1-2H3,(H2,17,18,20,21). The smallest absolute Gasteiger partial charge is 0.317 e. The first-order valence-corrected chi connectivity index (χ1v) is 6.64. The number of nitrogens with one attached hydrogen (secondary N) is 2. The van der Waals surface area contributed by atoms with Gasteiger partial charge in [0.25, 0.3) is 5.91 Å². The zero-order valence-corrected chi connectivity index (χ0v) is 11.8. The van der Waals surface area contributed by atoms with Crippen molar-refractivity contribution in [1.29, 1.82) is 0 Å². The van der Waals surface area contributed by atoms with Crippen LogP contribution >= 0.6 is 0 Å². The van der Waals surface area contributed by atoms with E-state index in [0.29, 0.717) is 0 Å². The number of rotatable bonds is 2. The monoisotopic (exact) mass is 281 g/mol. The molecule has 1 aliphatic rings. The van der Waals surface area contributed by atoms with Crippen LogP contribution in [-0.4, -0.2) is 16.5 Å². The van der Waals surface area contributed by atoms with Gasteiger partial charge in [0.1, 0.15) is 5.70 Å². The van der Waals surface area contributed by atoms with E-state index in [4.69, 9.17) is 0 Å². The van der Waals surface area contributed by atoms with Gasteiger partial charge in [-0.3, -0.25) is 10.1 Å². The van der Waals surface area contributed by atoms with E-state index in [2.05, 4.69) is 30.5 Å². The summed E-state index contributed by atoms with van der Waals surface area (Å²) < 4.78 is 1.99. The SMILES string of the molecule is Cc1cccc(-n2cccc2C=C2NC(=O)NC2=O)c1C. The third kappa shape index (κ3) is 2.33. The number of aromatic nitrogens is 1. The minimum Gasteiger partial charge on any atom is -0.317 e. The van der Waals surface area contributed by atoms with E-state index < -0.39 is 11.9 Å². The van der Waals surface area contributed by atoms with Crippen molar-refractivity contribution in [3.63, 3.8) is 0 Å². The molecular weight excluding hydrogens is 266 g/mol. The van der Waals surface area contributed by atoms with Gasteiger partial charge in [0.15, 0.2) is 0 Å². The summed E-state index contributed by atoms with van der Waals surface area (Å²) in [5.41, 5.74) is 4.51. The second-order valence-corrected chi connectivity index (χ2v) is 4.99. The average molecular weight is 281 g/mol. The van der Waals surface area contributed by atoms with Crippen LogP contribution in [0.4, 0.5) is 4.79 Å². The Morgan fingerprint density at radius 3 is 2.57 bits per heavy atom. The van der Waals surface area contributed by atoms with Crippen molar-refractivity contribution < 1.29 is 9.59 Å². The molecule has 0 bridgehead atoms. The molecule has 5 heteroatoms. The molecule has 2 heterocycles. The van der Waals surface area contributed by atoms with E-state index in [1.165, 1.54) is 11.1 Å². The second kappa shape index (κ2) is 4.94. The lowest BCUT2D eigenvalue weighted by atomic mass is 10.1. The summed E-state index contributed by atoms with van der Waals surface area (Å²) in [5, 5.41) is 4.69. The van der Waals surface area contributed by atoms with Crippen LogP contribution in [0.5, 0.6) is 0 Å². The molecule has 3 amide bonds. The molecule has 5 nitrogen and oxygen atoms in total. The lowest BCUT2D eigenvalue weighted by Gasteiger charge is -2.12. The number of carbonyl (C=O) groups is 2. The Hall–Kier alpha value is -2.82. The van der Waals surface area contributed by atoms with Crippen molar-refractivity contribution in [3.8, 4) is 5.69 Å². The van der Waals surface area contributed by atoms with Gasteiger partial charge in [0.2, 0.25) is 0 Å². The molecule has 0 atom stereocenters. The van der Waals surface area contributed by atoms with Gasteiger partial charge in [-0.1, -0.05) is 12.1 Å². The topological polar surface area (TPSA) is 63.1 Å². The minimum atomic E-state index is -0.490. The molecule has 0 radical (unpaired) electrons. The Balaban J connectivity index is 2.06. The van der Waals surface area contributed by atoms with Crippen LogP contribution in [0.25, 0.3) is 11.8 Å². The maximum absolute atomic E-state index is 11.6. The lowest BCUT2D eigenvalue weighted by molar-refractivity contribution is -0.115. The predicted molar refractivity (Wildman–Crippen MR) is 79.9 cm³/mol. The summed E-state index contributed by atoms with van der Waals surface area (Å²) in [5.74, 6) is -0.409. The van der Waals surface area contributed by atoms with Gasteiger partial charge in [-0.15, -0.1) is 0 Å². The van der Waals surface area contributed by atoms with Crippen molar-refractivity contribution in [2.24, 2.45) is 0 Å². The first-order chi connectivity index (χ1) is 10.1. The summed E-state index contributed by atoms with van der Waals surface area (Å²) >= 11 is 0. The number of amides is 3. The molecule has 0 saturated carbocycles. The highest BCUT2D eigenvalue weighted by molar-refractivity contribution is 6.13. The molecule has 0 aliphatic carbocycles. The Labute approximate surface area is 122 Å². The van der Waals surface area contributed by atoms with Crippen molar-refractivity contribution >= 4 is 18.0 Å². The van der Waals surface area contributed by atoms with Crippen LogP contribution < -0.4 is 10.6 Å². The first kappa shape index (κ1) is 13.2. The molecular formula is C16H15N3O2. The molecule has 1 aliphatic heterocycles. The van der Waals surface area contributed by atoms with E-state index in [1.54, 1.807) is 6.08 Å².